The summed E-state index contributed by atoms with van der Waals surface area (Å²) >= 11 is 6.26. The van der Waals surface area contributed by atoms with Gasteiger partial charge in [-0.05, 0) is 43.7 Å². The number of hydrogen-bond acceptors (Lipinski definition) is 4. The summed E-state index contributed by atoms with van der Waals surface area (Å²) in [5.41, 5.74) is 5.19. The molecule has 4 rings (SSSR count). The van der Waals surface area contributed by atoms with E-state index in [4.69, 9.17) is 16.3 Å². The number of pyridine rings is 1. The molecule has 0 radical (unpaired) electrons. The number of aromatic nitrogens is 4. The lowest BCUT2D eigenvalue weighted by molar-refractivity contribution is -0.139. The smallest absolute Gasteiger partial charge is 0.331 e. The van der Waals surface area contributed by atoms with E-state index < -0.39 is 5.97 Å². The number of carbonyl (C=O) groups excluding carboxylic acids is 1. The first-order valence-electron chi connectivity index (χ1n) is 9.56. The maximum Gasteiger partial charge on any atom is 0.331 e. The van der Waals surface area contributed by atoms with Crippen molar-refractivity contribution in [2.45, 2.75) is 27.0 Å². The minimum atomic E-state index is -0.426. The lowest BCUT2D eigenvalue weighted by Gasteiger charge is -2.06. The largest absolute Gasteiger partial charge is 0.456 e. The molecule has 0 bridgehead atoms. The van der Waals surface area contributed by atoms with Crippen LogP contribution in [0, 0.1) is 13.8 Å². The van der Waals surface area contributed by atoms with Gasteiger partial charge in [0.1, 0.15) is 12.3 Å². The molecule has 7 heteroatoms. The number of aryl methyl sites for hydroxylation is 1. The maximum atomic E-state index is 12.2. The quantitative estimate of drug-likeness (QED) is 0.337. The first-order chi connectivity index (χ1) is 14.5. The number of fused-ring (bicyclic) bond motifs is 1. The van der Waals surface area contributed by atoms with E-state index >= 15 is 0 Å². The van der Waals surface area contributed by atoms with E-state index in [0.29, 0.717) is 17.3 Å². The van der Waals surface area contributed by atoms with E-state index in [2.05, 4.69) is 10.1 Å². The molecular formula is C23H21ClN4O2. The molecule has 0 aliphatic heterocycles. The molecule has 0 saturated carbocycles. The fourth-order valence-corrected chi connectivity index (χ4v) is 3.49. The van der Waals surface area contributed by atoms with Gasteiger partial charge in [0.25, 0.3) is 0 Å². The van der Waals surface area contributed by atoms with Gasteiger partial charge in [-0.2, -0.15) is 5.10 Å². The Hall–Kier alpha value is -3.38. The normalized spacial score (nSPS) is 11.4. The van der Waals surface area contributed by atoms with Gasteiger partial charge in [0.05, 0.1) is 17.9 Å². The Labute approximate surface area is 179 Å². The Morgan fingerprint density at radius 2 is 1.97 bits per heavy atom. The summed E-state index contributed by atoms with van der Waals surface area (Å²) in [6.45, 7) is 4.57. The molecule has 0 atom stereocenters. The van der Waals surface area contributed by atoms with Crippen molar-refractivity contribution in [2.75, 3.05) is 0 Å². The molecule has 0 spiro atoms. The number of halogens is 1. The molecule has 0 unspecified atom stereocenters. The fourth-order valence-electron chi connectivity index (χ4n) is 3.30. The highest BCUT2D eigenvalue weighted by Gasteiger charge is 2.11. The number of ether oxygens (including phenoxy) is 1. The third-order valence-corrected chi connectivity index (χ3v) is 5.25. The summed E-state index contributed by atoms with van der Waals surface area (Å²) in [7, 11) is 0. The Balaban J connectivity index is 1.42. The lowest BCUT2D eigenvalue weighted by Crippen LogP contribution is -2.04. The molecule has 0 fully saturated rings. The van der Waals surface area contributed by atoms with Crippen molar-refractivity contribution < 1.29 is 9.53 Å². The van der Waals surface area contributed by atoms with Crippen LogP contribution in [0.5, 0.6) is 0 Å². The van der Waals surface area contributed by atoms with Crippen LogP contribution < -0.4 is 0 Å². The summed E-state index contributed by atoms with van der Waals surface area (Å²) in [6.07, 6.45) is 6.91. The number of nitrogens with zero attached hydrogens (tertiary/aromatic N) is 4. The zero-order valence-corrected chi connectivity index (χ0v) is 17.5. The Kier molecular flexibility index (Phi) is 5.68. The van der Waals surface area contributed by atoms with Crippen molar-refractivity contribution in [3.05, 3.63) is 94.2 Å². The monoisotopic (exact) mass is 420 g/mol. The summed E-state index contributed by atoms with van der Waals surface area (Å²) in [4.78, 5) is 16.6. The topological polar surface area (TPSA) is 61.4 Å². The van der Waals surface area contributed by atoms with Crippen molar-refractivity contribution >= 4 is 29.3 Å². The molecule has 3 heterocycles. The summed E-state index contributed by atoms with van der Waals surface area (Å²) in [5, 5.41) is 5.29. The van der Waals surface area contributed by atoms with Crippen LogP contribution in [0.25, 0.3) is 11.7 Å². The van der Waals surface area contributed by atoms with Crippen LogP contribution in [-0.2, 0) is 22.7 Å². The van der Waals surface area contributed by atoms with Crippen molar-refractivity contribution in [3.63, 3.8) is 0 Å². The first kappa shape index (κ1) is 19.9. The molecule has 1 aromatic carbocycles. The second-order valence-corrected chi connectivity index (χ2v) is 7.38. The van der Waals surface area contributed by atoms with Crippen LogP contribution in [0.3, 0.4) is 0 Å². The molecule has 0 amide bonds. The van der Waals surface area contributed by atoms with Crippen LogP contribution in [0.2, 0.25) is 5.02 Å². The van der Waals surface area contributed by atoms with Gasteiger partial charge in [-0.1, -0.05) is 35.9 Å². The molecule has 3 aromatic heterocycles. The number of esters is 1. The van der Waals surface area contributed by atoms with Crippen molar-refractivity contribution in [2.24, 2.45) is 0 Å². The van der Waals surface area contributed by atoms with Gasteiger partial charge in [0.15, 0.2) is 0 Å². The predicted molar refractivity (Wildman–Crippen MR) is 116 cm³/mol. The van der Waals surface area contributed by atoms with Gasteiger partial charge >= 0.3 is 5.97 Å². The average Bonchev–Trinajstić information content (AvgIpc) is 3.27. The Morgan fingerprint density at radius 3 is 2.77 bits per heavy atom. The molecule has 6 nitrogen and oxygen atoms in total. The molecule has 30 heavy (non-hydrogen) atoms. The summed E-state index contributed by atoms with van der Waals surface area (Å²) in [5.74, 6) is -0.426. The average molecular weight is 421 g/mol. The minimum absolute atomic E-state index is 0.120. The molecule has 0 aliphatic carbocycles. The number of rotatable bonds is 6. The van der Waals surface area contributed by atoms with Gasteiger partial charge in [-0.3, -0.25) is 4.68 Å². The van der Waals surface area contributed by atoms with E-state index in [0.717, 1.165) is 28.2 Å². The Bertz CT molecular complexity index is 1210. The van der Waals surface area contributed by atoms with Gasteiger partial charge < -0.3 is 9.14 Å². The second-order valence-electron chi connectivity index (χ2n) is 6.97. The van der Waals surface area contributed by atoms with E-state index in [1.807, 2.05) is 77.8 Å². The minimum Gasteiger partial charge on any atom is -0.456 e. The number of imidazole rings is 1. The van der Waals surface area contributed by atoms with Crippen LogP contribution in [0.1, 0.15) is 28.2 Å². The van der Waals surface area contributed by atoms with Crippen LogP contribution in [0.15, 0.2) is 60.9 Å². The first-order valence-corrected chi connectivity index (χ1v) is 9.94. The van der Waals surface area contributed by atoms with Crippen molar-refractivity contribution in [3.8, 4) is 0 Å². The lowest BCUT2D eigenvalue weighted by atomic mass is 10.1. The molecule has 0 aliphatic rings. The van der Waals surface area contributed by atoms with Gasteiger partial charge in [-0.25, -0.2) is 9.78 Å². The van der Waals surface area contributed by atoms with Gasteiger partial charge in [0, 0.05) is 34.7 Å². The zero-order chi connectivity index (χ0) is 21.1. The van der Waals surface area contributed by atoms with Crippen LogP contribution >= 0.6 is 11.6 Å². The number of carbonyl (C=O) groups is 1. The van der Waals surface area contributed by atoms with E-state index in [1.165, 1.54) is 6.08 Å². The van der Waals surface area contributed by atoms with Gasteiger partial charge in [-0.15, -0.1) is 0 Å². The molecule has 0 N–H and O–H groups in total. The highest BCUT2D eigenvalue weighted by molar-refractivity contribution is 6.31. The molecular weight excluding hydrogens is 400 g/mol. The van der Waals surface area contributed by atoms with Crippen LogP contribution in [-0.4, -0.2) is 25.1 Å². The van der Waals surface area contributed by atoms with E-state index in [9.17, 15) is 4.79 Å². The fraction of sp³-hybridized carbons (Fsp3) is 0.174. The third kappa shape index (κ3) is 4.28. The highest BCUT2D eigenvalue weighted by Crippen LogP contribution is 2.20. The summed E-state index contributed by atoms with van der Waals surface area (Å²) < 4.78 is 9.11. The Morgan fingerprint density at radius 1 is 1.17 bits per heavy atom. The molecule has 0 saturated heterocycles. The number of hydrogen-bond donors (Lipinski definition) is 0. The number of benzene rings is 1. The van der Waals surface area contributed by atoms with E-state index in [-0.39, 0.29) is 6.61 Å². The SMILES string of the molecule is Cc1nn(Cc2ccccc2Cl)c(C)c1/C=C/C(=O)OCc1cn2ccccc2n1. The third-order valence-electron chi connectivity index (χ3n) is 4.88. The van der Waals surface area contributed by atoms with Crippen LogP contribution in [0.4, 0.5) is 0 Å². The predicted octanol–water partition coefficient (Wildman–Crippen LogP) is 4.61. The molecule has 152 valence electrons. The maximum absolute atomic E-state index is 12.2. The van der Waals surface area contributed by atoms with E-state index in [1.54, 1.807) is 6.08 Å². The van der Waals surface area contributed by atoms with Crippen molar-refractivity contribution in [1.82, 2.24) is 19.2 Å². The second kappa shape index (κ2) is 8.55. The molecule has 4 aromatic rings. The van der Waals surface area contributed by atoms with Crippen molar-refractivity contribution in [1.29, 1.82) is 0 Å². The summed E-state index contributed by atoms with van der Waals surface area (Å²) in [6, 6.07) is 13.4. The van der Waals surface area contributed by atoms with Gasteiger partial charge in [0.2, 0.25) is 0 Å². The zero-order valence-electron chi connectivity index (χ0n) is 16.7. The highest BCUT2D eigenvalue weighted by atomic mass is 35.5. The standard InChI is InChI=1S/C23H21ClN4O2/c1-16-20(17(2)28(26-16)13-18-7-3-4-8-21(18)24)10-11-23(29)30-15-19-14-27-12-6-5-9-22(27)25-19/h3-12,14H,13,15H2,1-2H3/b11-10+.